The third-order valence-corrected chi connectivity index (χ3v) is 4.04. The molecule has 24 heavy (non-hydrogen) atoms. The standard InChI is InChI=1S/C18H16F2N2O2/c19-13-7-4-8-14(20)17(13)21-18(24)15-9-10-16(23)22(15)11-12-5-2-1-3-6-12/h1-8,15H,9-11H2,(H,21,24). The molecule has 0 spiro atoms. The molecule has 1 atom stereocenters. The largest absolute Gasteiger partial charge is 0.326 e. The number of nitrogens with one attached hydrogen (secondary N) is 1. The summed E-state index contributed by atoms with van der Waals surface area (Å²) in [5.74, 6) is -2.42. The predicted molar refractivity (Wildman–Crippen MR) is 85.0 cm³/mol. The molecule has 1 N–H and O–H groups in total. The van der Waals surface area contributed by atoms with Crippen LogP contribution in [0, 0.1) is 11.6 Å². The van der Waals surface area contributed by atoms with Gasteiger partial charge in [0.1, 0.15) is 23.4 Å². The highest BCUT2D eigenvalue weighted by atomic mass is 19.1. The van der Waals surface area contributed by atoms with Crippen molar-refractivity contribution >= 4 is 17.5 Å². The molecule has 0 radical (unpaired) electrons. The van der Waals surface area contributed by atoms with Crippen LogP contribution >= 0.6 is 0 Å². The van der Waals surface area contributed by atoms with Crippen molar-refractivity contribution in [3.05, 3.63) is 65.7 Å². The third-order valence-electron chi connectivity index (χ3n) is 4.04. The van der Waals surface area contributed by atoms with Crippen LogP contribution in [0.4, 0.5) is 14.5 Å². The van der Waals surface area contributed by atoms with Gasteiger partial charge in [-0.05, 0) is 24.1 Å². The molecule has 3 rings (SSSR count). The molecule has 6 heteroatoms. The Kier molecular flexibility index (Phi) is 4.55. The number of amides is 2. The monoisotopic (exact) mass is 330 g/mol. The van der Waals surface area contributed by atoms with E-state index in [1.165, 1.54) is 11.0 Å². The Bertz CT molecular complexity index is 745. The van der Waals surface area contributed by atoms with Gasteiger partial charge in [0.05, 0.1) is 0 Å². The second kappa shape index (κ2) is 6.78. The fourth-order valence-corrected chi connectivity index (χ4v) is 2.81. The first kappa shape index (κ1) is 16.1. The van der Waals surface area contributed by atoms with Gasteiger partial charge in [-0.3, -0.25) is 9.59 Å². The molecule has 1 heterocycles. The highest BCUT2D eigenvalue weighted by Gasteiger charge is 2.36. The first-order valence-electron chi connectivity index (χ1n) is 7.64. The molecule has 0 aliphatic carbocycles. The summed E-state index contributed by atoms with van der Waals surface area (Å²) in [6.07, 6.45) is 0.568. The Labute approximate surface area is 138 Å². The lowest BCUT2D eigenvalue weighted by atomic mass is 10.1. The number of likely N-dealkylation sites (tertiary alicyclic amines) is 1. The molecule has 1 aliphatic heterocycles. The van der Waals surface area contributed by atoms with Crippen LogP contribution in [0.2, 0.25) is 0 Å². The molecule has 0 aromatic heterocycles. The number of nitrogens with zero attached hydrogens (tertiary/aromatic N) is 1. The van der Waals surface area contributed by atoms with Crippen LogP contribution in [0.3, 0.4) is 0 Å². The van der Waals surface area contributed by atoms with E-state index in [0.717, 1.165) is 17.7 Å². The van der Waals surface area contributed by atoms with Crippen molar-refractivity contribution in [2.24, 2.45) is 0 Å². The lowest BCUT2D eigenvalue weighted by molar-refractivity contribution is -0.133. The lowest BCUT2D eigenvalue weighted by Crippen LogP contribution is -2.41. The number of carbonyl (C=O) groups excluding carboxylic acids is 2. The maximum absolute atomic E-state index is 13.7. The number of hydrogen-bond donors (Lipinski definition) is 1. The van der Waals surface area contributed by atoms with Gasteiger partial charge in [-0.15, -0.1) is 0 Å². The van der Waals surface area contributed by atoms with Gasteiger partial charge in [0, 0.05) is 13.0 Å². The van der Waals surface area contributed by atoms with Gasteiger partial charge in [0.2, 0.25) is 11.8 Å². The number of rotatable bonds is 4. The van der Waals surface area contributed by atoms with E-state index in [4.69, 9.17) is 0 Å². The maximum Gasteiger partial charge on any atom is 0.247 e. The molecule has 2 aromatic rings. The van der Waals surface area contributed by atoms with Crippen LogP contribution in [-0.2, 0) is 16.1 Å². The minimum atomic E-state index is -0.845. The van der Waals surface area contributed by atoms with Crippen molar-refractivity contribution in [3.8, 4) is 0 Å². The number of anilines is 1. The molecule has 0 bridgehead atoms. The van der Waals surface area contributed by atoms with Crippen LogP contribution in [0.25, 0.3) is 0 Å². The maximum atomic E-state index is 13.7. The summed E-state index contributed by atoms with van der Waals surface area (Å²) >= 11 is 0. The van der Waals surface area contributed by atoms with Crippen LogP contribution < -0.4 is 5.32 Å². The summed E-state index contributed by atoms with van der Waals surface area (Å²) in [6.45, 7) is 0.289. The minimum absolute atomic E-state index is 0.145. The normalized spacial score (nSPS) is 17.2. The van der Waals surface area contributed by atoms with Gasteiger partial charge >= 0.3 is 0 Å². The van der Waals surface area contributed by atoms with E-state index in [1.807, 2.05) is 30.3 Å². The van der Waals surface area contributed by atoms with Gasteiger partial charge in [0.25, 0.3) is 0 Å². The summed E-state index contributed by atoms with van der Waals surface area (Å²) in [6, 6.07) is 11.9. The average Bonchev–Trinajstić information content (AvgIpc) is 2.93. The Morgan fingerprint density at radius 2 is 1.75 bits per heavy atom. The number of carbonyl (C=O) groups is 2. The zero-order chi connectivity index (χ0) is 17.1. The molecule has 1 unspecified atom stereocenters. The Hall–Kier alpha value is -2.76. The van der Waals surface area contributed by atoms with Crippen molar-refractivity contribution in [2.75, 3.05) is 5.32 Å². The number of para-hydroxylation sites is 1. The number of benzene rings is 2. The second-order valence-electron chi connectivity index (χ2n) is 5.65. The molecule has 4 nitrogen and oxygen atoms in total. The molecule has 1 aliphatic rings. The summed E-state index contributed by atoms with van der Waals surface area (Å²) in [7, 11) is 0. The fraction of sp³-hybridized carbons (Fsp3) is 0.222. The minimum Gasteiger partial charge on any atom is -0.326 e. The SMILES string of the molecule is O=C(Nc1c(F)cccc1F)C1CCC(=O)N1Cc1ccccc1. The van der Waals surface area contributed by atoms with Gasteiger partial charge < -0.3 is 10.2 Å². The zero-order valence-corrected chi connectivity index (χ0v) is 12.8. The van der Waals surface area contributed by atoms with Gasteiger partial charge in [0.15, 0.2) is 0 Å². The molecule has 1 saturated heterocycles. The van der Waals surface area contributed by atoms with Gasteiger partial charge in [-0.25, -0.2) is 8.78 Å². The topological polar surface area (TPSA) is 49.4 Å². The van der Waals surface area contributed by atoms with E-state index >= 15 is 0 Å². The van der Waals surface area contributed by atoms with E-state index in [-0.39, 0.29) is 18.9 Å². The quantitative estimate of drug-likeness (QED) is 0.936. The summed E-state index contributed by atoms with van der Waals surface area (Å²) in [5, 5.41) is 2.27. The van der Waals surface area contributed by atoms with Crippen molar-refractivity contribution in [1.29, 1.82) is 0 Å². The average molecular weight is 330 g/mol. The Morgan fingerprint density at radius 3 is 2.42 bits per heavy atom. The van der Waals surface area contributed by atoms with E-state index in [1.54, 1.807) is 0 Å². The molecule has 124 valence electrons. The first-order valence-corrected chi connectivity index (χ1v) is 7.64. The zero-order valence-electron chi connectivity index (χ0n) is 12.8. The molecule has 1 fully saturated rings. The van der Waals surface area contributed by atoms with Crippen LogP contribution in [0.5, 0.6) is 0 Å². The van der Waals surface area contributed by atoms with Crippen LogP contribution in [0.15, 0.2) is 48.5 Å². The predicted octanol–water partition coefficient (Wildman–Crippen LogP) is 3.09. The summed E-state index contributed by atoms with van der Waals surface area (Å²) in [5.41, 5.74) is 0.407. The molecular weight excluding hydrogens is 314 g/mol. The van der Waals surface area contributed by atoms with Crippen molar-refractivity contribution in [1.82, 2.24) is 4.90 Å². The number of halogens is 2. The van der Waals surface area contributed by atoms with Crippen molar-refractivity contribution in [3.63, 3.8) is 0 Å². The highest BCUT2D eigenvalue weighted by molar-refractivity contribution is 5.99. The Morgan fingerprint density at radius 1 is 1.08 bits per heavy atom. The van der Waals surface area contributed by atoms with Gasteiger partial charge in [-0.1, -0.05) is 36.4 Å². The van der Waals surface area contributed by atoms with E-state index in [0.29, 0.717) is 6.42 Å². The van der Waals surface area contributed by atoms with E-state index in [2.05, 4.69) is 5.32 Å². The molecule has 2 aromatic carbocycles. The lowest BCUT2D eigenvalue weighted by Gasteiger charge is -2.24. The molecular formula is C18H16F2N2O2. The van der Waals surface area contributed by atoms with Crippen LogP contribution in [-0.4, -0.2) is 22.8 Å². The highest BCUT2D eigenvalue weighted by Crippen LogP contribution is 2.24. The Balaban J connectivity index is 1.77. The first-order chi connectivity index (χ1) is 11.6. The van der Waals surface area contributed by atoms with E-state index < -0.39 is 29.3 Å². The fourth-order valence-electron chi connectivity index (χ4n) is 2.81. The van der Waals surface area contributed by atoms with Crippen molar-refractivity contribution in [2.45, 2.75) is 25.4 Å². The molecule has 0 saturated carbocycles. The third kappa shape index (κ3) is 3.27. The smallest absolute Gasteiger partial charge is 0.247 e. The van der Waals surface area contributed by atoms with Crippen LogP contribution in [0.1, 0.15) is 18.4 Å². The van der Waals surface area contributed by atoms with E-state index in [9.17, 15) is 18.4 Å². The molecule has 2 amide bonds. The summed E-state index contributed by atoms with van der Waals surface area (Å²) < 4.78 is 27.4. The second-order valence-corrected chi connectivity index (χ2v) is 5.65. The number of hydrogen-bond acceptors (Lipinski definition) is 2. The summed E-state index contributed by atoms with van der Waals surface area (Å²) in [4.78, 5) is 26.0. The van der Waals surface area contributed by atoms with Gasteiger partial charge in [-0.2, -0.15) is 0 Å². The van der Waals surface area contributed by atoms with Crippen molar-refractivity contribution < 1.29 is 18.4 Å².